The molecule has 0 radical (unpaired) electrons. The van der Waals surface area contributed by atoms with Crippen LogP contribution in [0, 0.1) is 0 Å². The Labute approximate surface area is 145 Å². The Morgan fingerprint density at radius 2 is 1.68 bits per heavy atom. The molecular weight excluding hydrogens is 312 g/mol. The van der Waals surface area contributed by atoms with Gasteiger partial charge in [-0.2, -0.15) is 0 Å². The van der Waals surface area contributed by atoms with E-state index in [1.807, 2.05) is 60.7 Å². The summed E-state index contributed by atoms with van der Waals surface area (Å²) in [5.74, 6) is 2.26. The van der Waals surface area contributed by atoms with Crippen molar-refractivity contribution in [3.63, 3.8) is 0 Å². The Bertz CT molecular complexity index is 880. The van der Waals surface area contributed by atoms with Gasteiger partial charge in [0.25, 0.3) is 0 Å². The van der Waals surface area contributed by atoms with Gasteiger partial charge in [-0.15, -0.1) is 0 Å². The summed E-state index contributed by atoms with van der Waals surface area (Å²) in [5, 5.41) is 3.31. The van der Waals surface area contributed by atoms with Crippen molar-refractivity contribution in [2.75, 3.05) is 5.32 Å². The molecule has 3 heterocycles. The van der Waals surface area contributed by atoms with Gasteiger partial charge < -0.3 is 9.73 Å². The van der Waals surface area contributed by atoms with Crippen LogP contribution in [0.3, 0.4) is 0 Å². The highest BCUT2D eigenvalue weighted by atomic mass is 16.3. The molecule has 0 saturated heterocycles. The highest BCUT2D eigenvalue weighted by Gasteiger charge is 2.09. The summed E-state index contributed by atoms with van der Waals surface area (Å²) < 4.78 is 5.37. The third-order valence-electron chi connectivity index (χ3n) is 3.76. The van der Waals surface area contributed by atoms with Crippen LogP contribution in [0.25, 0.3) is 22.6 Å². The number of benzene rings is 1. The molecule has 1 N–H and O–H groups in total. The van der Waals surface area contributed by atoms with Crippen molar-refractivity contribution in [1.82, 2.24) is 15.0 Å². The first kappa shape index (κ1) is 15.1. The van der Waals surface area contributed by atoms with Crippen molar-refractivity contribution in [3.8, 4) is 22.6 Å². The number of rotatable bonds is 5. The Morgan fingerprint density at radius 3 is 2.44 bits per heavy atom. The van der Waals surface area contributed by atoms with Gasteiger partial charge in [-0.05, 0) is 24.3 Å². The summed E-state index contributed by atoms with van der Waals surface area (Å²) in [7, 11) is 0. The average Bonchev–Trinajstić information content (AvgIpc) is 3.21. The smallest absolute Gasteiger partial charge is 0.162 e. The minimum Gasteiger partial charge on any atom is -0.467 e. The number of anilines is 1. The number of pyridine rings is 1. The SMILES string of the molecule is c1ccc(-c2cc(NCc3ccco3)nc(-c3ccncc3)n2)cc1. The summed E-state index contributed by atoms with van der Waals surface area (Å²) in [5.41, 5.74) is 2.83. The summed E-state index contributed by atoms with van der Waals surface area (Å²) in [4.78, 5) is 13.4. The molecule has 0 aliphatic heterocycles. The molecule has 0 saturated carbocycles. The molecule has 0 atom stereocenters. The second kappa shape index (κ2) is 6.97. The van der Waals surface area contributed by atoms with Gasteiger partial charge in [0.2, 0.25) is 0 Å². The van der Waals surface area contributed by atoms with E-state index in [1.165, 1.54) is 0 Å². The first-order valence-electron chi connectivity index (χ1n) is 8.00. The zero-order valence-electron chi connectivity index (χ0n) is 13.5. The highest BCUT2D eigenvalue weighted by Crippen LogP contribution is 2.24. The second-order valence-electron chi connectivity index (χ2n) is 5.50. The number of nitrogens with zero attached hydrogens (tertiary/aromatic N) is 3. The maximum Gasteiger partial charge on any atom is 0.162 e. The molecule has 25 heavy (non-hydrogen) atoms. The first-order valence-corrected chi connectivity index (χ1v) is 8.00. The Hall–Kier alpha value is -3.47. The van der Waals surface area contributed by atoms with E-state index in [9.17, 15) is 0 Å². The van der Waals surface area contributed by atoms with Crippen molar-refractivity contribution in [2.45, 2.75) is 6.54 Å². The molecule has 0 fully saturated rings. The quantitative estimate of drug-likeness (QED) is 0.588. The lowest BCUT2D eigenvalue weighted by molar-refractivity contribution is 0.518. The van der Waals surface area contributed by atoms with E-state index in [-0.39, 0.29) is 0 Å². The third kappa shape index (κ3) is 3.55. The monoisotopic (exact) mass is 328 g/mol. The maximum absolute atomic E-state index is 5.37. The fraction of sp³-hybridized carbons (Fsp3) is 0.0500. The minimum atomic E-state index is 0.564. The topological polar surface area (TPSA) is 63.8 Å². The van der Waals surface area contributed by atoms with Crippen LogP contribution in [0.1, 0.15) is 5.76 Å². The van der Waals surface area contributed by atoms with Crippen LogP contribution in [0.4, 0.5) is 5.82 Å². The number of hydrogen-bond acceptors (Lipinski definition) is 5. The molecule has 0 bridgehead atoms. The number of furan rings is 1. The fourth-order valence-corrected chi connectivity index (χ4v) is 2.52. The number of hydrogen-bond donors (Lipinski definition) is 1. The lowest BCUT2D eigenvalue weighted by Crippen LogP contribution is -2.03. The van der Waals surface area contributed by atoms with Gasteiger partial charge in [0.05, 0.1) is 18.5 Å². The molecule has 0 amide bonds. The van der Waals surface area contributed by atoms with Crippen LogP contribution in [0.15, 0.2) is 83.7 Å². The normalized spacial score (nSPS) is 10.6. The summed E-state index contributed by atoms with van der Waals surface area (Å²) in [6, 6.07) is 19.6. The molecule has 4 rings (SSSR count). The van der Waals surface area contributed by atoms with Gasteiger partial charge in [0.1, 0.15) is 11.6 Å². The largest absolute Gasteiger partial charge is 0.467 e. The molecule has 4 aromatic rings. The molecule has 0 unspecified atom stereocenters. The highest BCUT2D eigenvalue weighted by molar-refractivity contribution is 5.67. The van der Waals surface area contributed by atoms with E-state index >= 15 is 0 Å². The maximum atomic E-state index is 5.37. The number of aromatic nitrogens is 3. The van der Waals surface area contributed by atoms with Crippen LogP contribution >= 0.6 is 0 Å². The molecule has 0 spiro atoms. The van der Waals surface area contributed by atoms with Crippen LogP contribution in [-0.2, 0) is 6.54 Å². The lowest BCUT2D eigenvalue weighted by atomic mass is 10.1. The predicted molar refractivity (Wildman–Crippen MR) is 96.7 cm³/mol. The van der Waals surface area contributed by atoms with Gasteiger partial charge >= 0.3 is 0 Å². The Kier molecular flexibility index (Phi) is 4.20. The van der Waals surface area contributed by atoms with E-state index in [4.69, 9.17) is 9.40 Å². The van der Waals surface area contributed by atoms with Crippen LogP contribution in [0.2, 0.25) is 0 Å². The molecule has 5 nitrogen and oxygen atoms in total. The van der Waals surface area contributed by atoms with Gasteiger partial charge in [-0.3, -0.25) is 4.98 Å². The zero-order chi connectivity index (χ0) is 16.9. The predicted octanol–water partition coefficient (Wildman–Crippen LogP) is 4.41. The lowest BCUT2D eigenvalue weighted by Gasteiger charge is -2.10. The van der Waals surface area contributed by atoms with Gasteiger partial charge in [0, 0.05) is 29.6 Å². The van der Waals surface area contributed by atoms with Crippen molar-refractivity contribution >= 4 is 5.82 Å². The minimum absolute atomic E-state index is 0.564. The molecule has 1 aromatic carbocycles. The van der Waals surface area contributed by atoms with E-state index in [0.717, 1.165) is 28.4 Å². The van der Waals surface area contributed by atoms with Crippen molar-refractivity contribution in [1.29, 1.82) is 0 Å². The molecule has 3 aromatic heterocycles. The molecule has 5 heteroatoms. The van der Waals surface area contributed by atoms with E-state index in [0.29, 0.717) is 12.4 Å². The molecule has 122 valence electrons. The molecule has 0 aliphatic rings. The van der Waals surface area contributed by atoms with Crippen LogP contribution < -0.4 is 5.32 Å². The van der Waals surface area contributed by atoms with Gasteiger partial charge in [0.15, 0.2) is 5.82 Å². The van der Waals surface area contributed by atoms with E-state index in [1.54, 1.807) is 18.7 Å². The van der Waals surface area contributed by atoms with Gasteiger partial charge in [-0.1, -0.05) is 30.3 Å². The molecular formula is C20H16N4O. The van der Waals surface area contributed by atoms with E-state index < -0.39 is 0 Å². The van der Waals surface area contributed by atoms with Gasteiger partial charge in [-0.25, -0.2) is 9.97 Å². The first-order chi connectivity index (χ1) is 12.4. The standard InChI is InChI=1S/C20H16N4O/c1-2-5-15(6-3-1)18-13-19(22-14-17-7-4-12-25-17)24-20(23-18)16-8-10-21-11-9-16/h1-13H,14H2,(H,22,23,24). The van der Waals surface area contributed by atoms with Crippen LogP contribution in [-0.4, -0.2) is 15.0 Å². The van der Waals surface area contributed by atoms with Crippen molar-refractivity contribution in [2.24, 2.45) is 0 Å². The summed E-state index contributed by atoms with van der Waals surface area (Å²) in [6.45, 7) is 0.564. The summed E-state index contributed by atoms with van der Waals surface area (Å²) >= 11 is 0. The summed E-state index contributed by atoms with van der Waals surface area (Å²) in [6.07, 6.45) is 5.14. The van der Waals surface area contributed by atoms with Crippen molar-refractivity contribution < 1.29 is 4.42 Å². The zero-order valence-corrected chi connectivity index (χ0v) is 13.5. The Balaban J connectivity index is 1.72. The second-order valence-corrected chi connectivity index (χ2v) is 5.50. The number of nitrogens with one attached hydrogen (secondary N) is 1. The Morgan fingerprint density at radius 1 is 0.840 bits per heavy atom. The van der Waals surface area contributed by atoms with Crippen LogP contribution in [0.5, 0.6) is 0 Å². The average molecular weight is 328 g/mol. The van der Waals surface area contributed by atoms with E-state index in [2.05, 4.69) is 15.3 Å². The molecule has 0 aliphatic carbocycles. The fourth-order valence-electron chi connectivity index (χ4n) is 2.52. The van der Waals surface area contributed by atoms with Crippen molar-refractivity contribution in [3.05, 3.63) is 85.1 Å². The third-order valence-corrected chi connectivity index (χ3v) is 3.76.